The summed E-state index contributed by atoms with van der Waals surface area (Å²) in [5, 5.41) is 4.39. The first-order valence-electron chi connectivity index (χ1n) is 10.2. The van der Waals surface area contributed by atoms with Crippen LogP contribution in [-0.2, 0) is 0 Å². The number of hydrogen-bond donors (Lipinski definition) is 1. The molecule has 4 rings (SSSR count). The molecule has 0 radical (unpaired) electrons. The number of hydrogen-bond acceptors (Lipinski definition) is 5. The molecule has 0 unspecified atom stereocenters. The molecule has 166 valence electrons. The first-order valence-corrected chi connectivity index (χ1v) is 11.5. The molecule has 1 saturated heterocycles. The summed E-state index contributed by atoms with van der Waals surface area (Å²) in [6.45, 7) is 0.956. The molecule has 1 aliphatic rings. The SMILES string of the molecule is CN(NC(=O)c1csc(C2CCN(C(=O)c3c(F)cccc3Cl)CC2)n1)c1ccccc1. The number of likely N-dealkylation sites (tertiary alicyclic amines) is 1. The fourth-order valence-electron chi connectivity index (χ4n) is 3.69. The van der Waals surface area contributed by atoms with Gasteiger partial charge in [-0.15, -0.1) is 11.3 Å². The van der Waals surface area contributed by atoms with Gasteiger partial charge in [-0.25, -0.2) is 9.37 Å². The van der Waals surface area contributed by atoms with E-state index in [1.807, 2.05) is 30.3 Å². The molecule has 6 nitrogen and oxygen atoms in total. The maximum Gasteiger partial charge on any atom is 0.289 e. The van der Waals surface area contributed by atoms with E-state index >= 15 is 0 Å². The van der Waals surface area contributed by atoms with Gasteiger partial charge in [-0.3, -0.25) is 20.0 Å². The summed E-state index contributed by atoms with van der Waals surface area (Å²) in [5.74, 6) is -1.13. The summed E-state index contributed by atoms with van der Waals surface area (Å²) < 4.78 is 14.1. The predicted molar refractivity (Wildman–Crippen MR) is 124 cm³/mol. The molecule has 32 heavy (non-hydrogen) atoms. The van der Waals surface area contributed by atoms with Gasteiger partial charge in [0.2, 0.25) is 0 Å². The molecule has 3 aromatic rings. The van der Waals surface area contributed by atoms with Gasteiger partial charge >= 0.3 is 0 Å². The van der Waals surface area contributed by atoms with Crippen molar-refractivity contribution in [3.05, 3.63) is 81.0 Å². The third-order valence-corrected chi connectivity index (χ3v) is 6.80. The number of halogens is 2. The van der Waals surface area contributed by atoms with Gasteiger partial charge in [-0.05, 0) is 37.1 Å². The molecular formula is C23H22ClFN4O2S. The molecule has 1 aromatic heterocycles. The number of para-hydroxylation sites is 1. The van der Waals surface area contributed by atoms with Crippen molar-refractivity contribution in [2.24, 2.45) is 0 Å². The first-order chi connectivity index (χ1) is 15.4. The molecule has 1 N–H and O–H groups in total. The fraction of sp³-hybridized carbons (Fsp3) is 0.261. The Labute approximate surface area is 194 Å². The van der Waals surface area contributed by atoms with E-state index in [0.29, 0.717) is 31.6 Å². The Morgan fingerprint density at radius 2 is 1.88 bits per heavy atom. The summed E-state index contributed by atoms with van der Waals surface area (Å²) in [7, 11) is 1.77. The molecule has 1 aliphatic heterocycles. The molecule has 0 saturated carbocycles. The molecule has 0 aliphatic carbocycles. The number of hydrazine groups is 1. The maximum atomic E-state index is 14.1. The van der Waals surface area contributed by atoms with Crippen LogP contribution in [0.15, 0.2) is 53.9 Å². The third kappa shape index (κ3) is 4.76. The quantitative estimate of drug-likeness (QED) is 0.545. The minimum absolute atomic E-state index is 0.0802. The van der Waals surface area contributed by atoms with Crippen molar-refractivity contribution in [3.63, 3.8) is 0 Å². The molecule has 0 atom stereocenters. The van der Waals surface area contributed by atoms with Crippen LogP contribution in [0.3, 0.4) is 0 Å². The fourth-order valence-corrected chi connectivity index (χ4v) is 4.91. The Morgan fingerprint density at radius 3 is 2.56 bits per heavy atom. The van der Waals surface area contributed by atoms with Gasteiger partial charge in [0, 0.05) is 31.4 Å². The van der Waals surface area contributed by atoms with Crippen molar-refractivity contribution in [1.82, 2.24) is 15.3 Å². The van der Waals surface area contributed by atoms with Crippen LogP contribution in [-0.4, -0.2) is 41.8 Å². The lowest BCUT2D eigenvalue weighted by Gasteiger charge is -2.31. The maximum absolute atomic E-state index is 14.1. The second-order valence-electron chi connectivity index (χ2n) is 7.57. The number of rotatable bonds is 5. The monoisotopic (exact) mass is 472 g/mol. The van der Waals surface area contributed by atoms with E-state index < -0.39 is 11.7 Å². The zero-order valence-electron chi connectivity index (χ0n) is 17.4. The minimum atomic E-state index is -0.610. The number of carbonyl (C=O) groups excluding carboxylic acids is 2. The van der Waals surface area contributed by atoms with E-state index in [1.54, 1.807) is 22.3 Å². The second-order valence-corrected chi connectivity index (χ2v) is 8.87. The van der Waals surface area contributed by atoms with E-state index in [4.69, 9.17) is 11.6 Å². The Hall–Kier alpha value is -2.97. The molecule has 2 amide bonds. The highest BCUT2D eigenvalue weighted by atomic mass is 35.5. The largest absolute Gasteiger partial charge is 0.338 e. The van der Waals surface area contributed by atoms with Crippen LogP contribution >= 0.6 is 22.9 Å². The Morgan fingerprint density at radius 1 is 1.16 bits per heavy atom. The number of benzene rings is 2. The molecule has 0 bridgehead atoms. The van der Waals surface area contributed by atoms with E-state index in [0.717, 1.165) is 10.7 Å². The summed E-state index contributed by atoms with van der Waals surface area (Å²) in [6, 6.07) is 13.7. The Kier molecular flexibility index (Phi) is 6.72. The number of piperidine rings is 1. The number of aromatic nitrogens is 1. The standard InChI is InChI=1S/C23H22ClFN4O2S/c1-28(16-6-3-2-4-7-16)27-21(30)19-14-32-22(26-19)15-10-12-29(13-11-15)23(31)20-17(24)8-5-9-18(20)25/h2-9,14-15H,10-13H2,1H3,(H,27,30). The number of carbonyl (C=O) groups is 2. The van der Waals surface area contributed by atoms with Crippen LogP contribution in [0, 0.1) is 5.82 Å². The summed E-state index contributed by atoms with van der Waals surface area (Å²) in [4.78, 5) is 31.5. The van der Waals surface area contributed by atoms with Gasteiger partial charge < -0.3 is 4.90 Å². The number of thiazole rings is 1. The highest BCUT2D eigenvalue weighted by Gasteiger charge is 2.29. The van der Waals surface area contributed by atoms with Crippen LogP contribution in [0.4, 0.5) is 10.1 Å². The van der Waals surface area contributed by atoms with Gasteiger partial charge in [0.25, 0.3) is 11.8 Å². The summed E-state index contributed by atoms with van der Waals surface area (Å²) in [5.41, 5.74) is 3.97. The van der Waals surface area contributed by atoms with E-state index in [1.165, 1.54) is 29.5 Å². The van der Waals surface area contributed by atoms with Crippen molar-refractivity contribution >= 4 is 40.4 Å². The lowest BCUT2D eigenvalue weighted by molar-refractivity contribution is 0.0708. The highest BCUT2D eigenvalue weighted by Crippen LogP contribution is 2.32. The summed E-state index contributed by atoms with van der Waals surface area (Å²) >= 11 is 7.48. The van der Waals surface area contributed by atoms with Gasteiger partial charge in [0.15, 0.2) is 0 Å². The Bertz CT molecular complexity index is 1100. The lowest BCUT2D eigenvalue weighted by Crippen LogP contribution is -2.39. The van der Waals surface area contributed by atoms with Gasteiger partial charge in [-0.1, -0.05) is 35.9 Å². The van der Waals surface area contributed by atoms with Gasteiger partial charge in [0.05, 0.1) is 21.3 Å². The zero-order chi connectivity index (χ0) is 22.7. The molecule has 2 heterocycles. The normalized spacial score (nSPS) is 14.3. The van der Waals surface area contributed by atoms with Crippen molar-refractivity contribution in [1.29, 1.82) is 0 Å². The van der Waals surface area contributed by atoms with Crippen molar-refractivity contribution in [3.8, 4) is 0 Å². The van der Waals surface area contributed by atoms with Crippen LogP contribution in [0.1, 0.15) is 44.6 Å². The molecular weight excluding hydrogens is 451 g/mol. The summed E-state index contributed by atoms with van der Waals surface area (Å²) in [6.07, 6.45) is 1.38. The van der Waals surface area contributed by atoms with Gasteiger partial charge in [-0.2, -0.15) is 0 Å². The van der Waals surface area contributed by atoms with Crippen molar-refractivity contribution < 1.29 is 14.0 Å². The number of amides is 2. The first kappa shape index (κ1) is 22.2. The zero-order valence-corrected chi connectivity index (χ0v) is 19.0. The van der Waals surface area contributed by atoms with E-state index in [-0.39, 0.29) is 22.4 Å². The van der Waals surface area contributed by atoms with Crippen LogP contribution in [0.2, 0.25) is 5.02 Å². The number of nitrogens with zero attached hydrogens (tertiary/aromatic N) is 3. The number of nitrogens with one attached hydrogen (secondary N) is 1. The second kappa shape index (κ2) is 9.67. The van der Waals surface area contributed by atoms with Crippen LogP contribution in [0.5, 0.6) is 0 Å². The van der Waals surface area contributed by atoms with Crippen LogP contribution < -0.4 is 10.4 Å². The lowest BCUT2D eigenvalue weighted by atomic mass is 9.97. The smallest absolute Gasteiger partial charge is 0.289 e. The Balaban J connectivity index is 1.36. The highest BCUT2D eigenvalue weighted by molar-refractivity contribution is 7.09. The molecule has 1 fully saturated rings. The predicted octanol–water partition coefficient (Wildman–Crippen LogP) is 4.74. The van der Waals surface area contributed by atoms with Gasteiger partial charge in [0.1, 0.15) is 11.5 Å². The van der Waals surface area contributed by atoms with Crippen molar-refractivity contribution in [2.45, 2.75) is 18.8 Å². The third-order valence-electron chi connectivity index (χ3n) is 5.48. The average molecular weight is 473 g/mol. The molecule has 2 aromatic carbocycles. The van der Waals surface area contributed by atoms with E-state index in [2.05, 4.69) is 10.4 Å². The van der Waals surface area contributed by atoms with E-state index in [9.17, 15) is 14.0 Å². The molecule has 0 spiro atoms. The topological polar surface area (TPSA) is 65.5 Å². The van der Waals surface area contributed by atoms with Crippen molar-refractivity contribution in [2.75, 3.05) is 25.1 Å². The van der Waals surface area contributed by atoms with Crippen LogP contribution in [0.25, 0.3) is 0 Å². The average Bonchev–Trinajstić information content (AvgIpc) is 3.30. The molecule has 9 heteroatoms. The number of anilines is 1. The minimum Gasteiger partial charge on any atom is -0.338 e.